The number of fused-ring (bicyclic) bond motifs is 3. The van der Waals surface area contributed by atoms with Crippen LogP contribution in [0.4, 0.5) is 5.69 Å². The van der Waals surface area contributed by atoms with Crippen molar-refractivity contribution < 1.29 is 14.1 Å². The molecule has 0 unspecified atom stereocenters. The normalized spacial score (nSPS) is 16.0. The van der Waals surface area contributed by atoms with E-state index in [4.69, 9.17) is 14.1 Å². The predicted molar refractivity (Wildman–Crippen MR) is 164 cm³/mol. The molecule has 0 fully saturated rings. The summed E-state index contributed by atoms with van der Waals surface area (Å²) < 4.78 is 14.7. The summed E-state index contributed by atoms with van der Waals surface area (Å²) in [5, 5.41) is 11.3. The number of nitro groups is 1. The van der Waals surface area contributed by atoms with Crippen molar-refractivity contribution in [2.75, 3.05) is 7.11 Å². The van der Waals surface area contributed by atoms with Gasteiger partial charge in [0.25, 0.3) is 11.2 Å². The summed E-state index contributed by atoms with van der Waals surface area (Å²) in [6, 6.07) is 23.9. The van der Waals surface area contributed by atoms with E-state index < -0.39 is 4.92 Å². The first kappa shape index (κ1) is 26.4. The Morgan fingerprint density at radius 3 is 2.67 bits per heavy atom. The van der Waals surface area contributed by atoms with E-state index in [0.717, 1.165) is 39.7 Å². The van der Waals surface area contributed by atoms with Gasteiger partial charge in [0.05, 0.1) is 33.9 Å². The van der Waals surface area contributed by atoms with E-state index in [9.17, 15) is 14.9 Å². The van der Waals surface area contributed by atoms with Crippen LogP contribution in [0.15, 0.2) is 103 Å². The van der Waals surface area contributed by atoms with Crippen molar-refractivity contribution in [1.29, 1.82) is 0 Å². The van der Waals surface area contributed by atoms with E-state index in [2.05, 4.69) is 34.1 Å². The second kappa shape index (κ2) is 10.4. The van der Waals surface area contributed by atoms with Crippen LogP contribution in [0.2, 0.25) is 0 Å². The lowest BCUT2D eigenvalue weighted by Crippen LogP contribution is -2.38. The van der Waals surface area contributed by atoms with Crippen LogP contribution in [0.3, 0.4) is 0 Å². The first-order valence-corrected chi connectivity index (χ1v) is 14.8. The highest BCUT2D eigenvalue weighted by Crippen LogP contribution is 2.41. The number of thiazole rings is 1. The largest absolute Gasteiger partial charge is 0.496 e. The van der Waals surface area contributed by atoms with Gasteiger partial charge in [-0.3, -0.25) is 19.5 Å². The van der Waals surface area contributed by atoms with Crippen LogP contribution in [0, 0.1) is 10.1 Å². The molecule has 1 aliphatic heterocycles. The fourth-order valence-electron chi connectivity index (χ4n) is 5.67. The molecule has 0 bridgehead atoms. The molecule has 0 amide bonds. The summed E-state index contributed by atoms with van der Waals surface area (Å²) in [5.74, 6) is 1.29. The van der Waals surface area contributed by atoms with E-state index in [0.29, 0.717) is 32.2 Å². The maximum atomic E-state index is 14.0. The third-order valence-electron chi connectivity index (χ3n) is 7.62. The average molecular weight is 641 g/mol. The molecule has 5 aromatic rings. The van der Waals surface area contributed by atoms with Crippen LogP contribution < -0.4 is 19.6 Å². The molecule has 10 heteroatoms. The Morgan fingerprint density at radius 2 is 1.88 bits per heavy atom. The van der Waals surface area contributed by atoms with Crippen molar-refractivity contribution in [1.82, 2.24) is 4.57 Å². The highest BCUT2D eigenvalue weighted by Gasteiger charge is 2.32. The second-order valence-corrected chi connectivity index (χ2v) is 11.9. The smallest absolute Gasteiger partial charge is 0.271 e. The van der Waals surface area contributed by atoms with E-state index >= 15 is 0 Å². The quantitative estimate of drug-likeness (QED) is 0.167. The number of nitro benzene ring substituents is 1. The Kier molecular flexibility index (Phi) is 6.52. The fraction of sp³-hybridized carbons (Fsp3) is 0.125. The summed E-state index contributed by atoms with van der Waals surface area (Å²) in [4.78, 5) is 30.6. The van der Waals surface area contributed by atoms with Crippen LogP contribution in [0.5, 0.6) is 5.75 Å². The molecule has 0 saturated carbocycles. The lowest BCUT2D eigenvalue weighted by Gasteiger charge is -2.30. The number of hydrogen-bond acceptors (Lipinski definition) is 7. The first-order valence-electron chi connectivity index (χ1n) is 13.2. The third-order valence-corrected chi connectivity index (χ3v) is 9.13. The van der Waals surface area contributed by atoms with Crippen LogP contribution in [-0.2, 0) is 6.42 Å². The second-order valence-electron chi connectivity index (χ2n) is 10.0. The molecule has 8 nitrogen and oxygen atoms in total. The maximum Gasteiger partial charge on any atom is 0.271 e. The summed E-state index contributed by atoms with van der Waals surface area (Å²) in [5.41, 5.74) is 5.69. The topological polar surface area (TPSA) is 99.9 Å². The minimum absolute atomic E-state index is 0.0736. The molecule has 0 saturated heterocycles. The van der Waals surface area contributed by atoms with E-state index in [1.165, 1.54) is 42.2 Å². The van der Waals surface area contributed by atoms with Gasteiger partial charge in [0, 0.05) is 28.2 Å². The van der Waals surface area contributed by atoms with Crippen LogP contribution in [0.25, 0.3) is 23.1 Å². The van der Waals surface area contributed by atoms with Crippen molar-refractivity contribution in [2.45, 2.75) is 18.9 Å². The number of furan rings is 1. The number of methoxy groups -OCH3 is 1. The Hall–Kier alpha value is -4.54. The minimum Gasteiger partial charge on any atom is -0.496 e. The average Bonchev–Trinajstić information content (AvgIpc) is 3.60. The molecule has 2 aromatic heterocycles. The molecular weight excluding hydrogens is 618 g/mol. The molecule has 0 radical (unpaired) electrons. The van der Waals surface area contributed by atoms with Gasteiger partial charge in [0.1, 0.15) is 17.3 Å². The van der Waals surface area contributed by atoms with Crippen LogP contribution in [-0.4, -0.2) is 16.6 Å². The molecule has 42 heavy (non-hydrogen) atoms. The number of non-ortho nitro benzene ring substituents is 1. The first-order chi connectivity index (χ1) is 20.4. The predicted octanol–water partition coefficient (Wildman–Crippen LogP) is 6.26. The number of ether oxygens (including phenoxy) is 1. The Bertz CT molecular complexity index is 2110. The zero-order valence-corrected chi connectivity index (χ0v) is 24.6. The fourth-order valence-corrected chi connectivity index (χ4v) is 6.92. The lowest BCUT2D eigenvalue weighted by atomic mass is 9.83. The van der Waals surface area contributed by atoms with Gasteiger partial charge in [-0.15, -0.1) is 0 Å². The number of benzene rings is 3. The number of allylic oxidation sites excluding steroid dienone is 1. The van der Waals surface area contributed by atoms with Crippen molar-refractivity contribution in [3.05, 3.63) is 141 Å². The van der Waals surface area contributed by atoms with Crippen LogP contribution >= 0.6 is 27.3 Å². The van der Waals surface area contributed by atoms with Crippen molar-refractivity contribution >= 4 is 44.7 Å². The lowest BCUT2D eigenvalue weighted by molar-refractivity contribution is -0.384. The molecule has 2 aliphatic rings. The summed E-state index contributed by atoms with van der Waals surface area (Å²) in [6.45, 7) is 0. The van der Waals surface area contributed by atoms with Gasteiger partial charge in [-0.25, -0.2) is 4.99 Å². The number of aryl methyl sites for hydroxylation is 1. The minimum atomic E-state index is -0.465. The Morgan fingerprint density at radius 1 is 1.07 bits per heavy atom. The van der Waals surface area contributed by atoms with Gasteiger partial charge in [0.2, 0.25) is 0 Å². The third kappa shape index (κ3) is 4.43. The maximum absolute atomic E-state index is 14.0. The van der Waals surface area contributed by atoms with Crippen molar-refractivity contribution in [3.8, 4) is 17.1 Å². The molecule has 0 N–H and O–H groups in total. The standard InChI is InChI=1S/C32H22BrN3O5S/c1-40-26-14-11-21(36(38)39)16-25(26)27-15-12-22(41-27)17-28-31(37)35-30(19-6-9-20(33)10-7-19)24-13-8-18-4-2-3-5-23(18)29(24)34-32(35)42-28/h2-7,9-12,14-17,30H,8,13H2,1H3/b28-17+/t30-/m1/s1. The van der Waals surface area contributed by atoms with Gasteiger partial charge < -0.3 is 9.15 Å². The van der Waals surface area contributed by atoms with Crippen molar-refractivity contribution in [2.24, 2.45) is 4.99 Å². The Labute approximate surface area is 251 Å². The summed E-state index contributed by atoms with van der Waals surface area (Å²) >= 11 is 4.85. The molecule has 208 valence electrons. The number of rotatable bonds is 5. The molecule has 7 rings (SSSR count). The van der Waals surface area contributed by atoms with E-state index in [1.807, 2.05) is 30.3 Å². The zero-order chi connectivity index (χ0) is 29.0. The molecule has 1 atom stereocenters. The van der Waals surface area contributed by atoms with Gasteiger partial charge >= 0.3 is 0 Å². The number of halogens is 1. The molecule has 0 spiro atoms. The summed E-state index contributed by atoms with van der Waals surface area (Å²) in [6.07, 6.45) is 3.40. The number of nitrogens with zero attached hydrogens (tertiary/aromatic N) is 3. The van der Waals surface area contributed by atoms with E-state index in [-0.39, 0.29) is 17.3 Å². The van der Waals surface area contributed by atoms with Gasteiger partial charge in [-0.05, 0) is 59.9 Å². The molecule has 3 heterocycles. The van der Waals surface area contributed by atoms with Gasteiger partial charge in [-0.1, -0.05) is 63.7 Å². The number of aromatic nitrogens is 1. The van der Waals surface area contributed by atoms with Crippen molar-refractivity contribution in [3.63, 3.8) is 0 Å². The monoisotopic (exact) mass is 639 g/mol. The molecule has 3 aromatic carbocycles. The summed E-state index contributed by atoms with van der Waals surface area (Å²) in [7, 11) is 1.50. The van der Waals surface area contributed by atoms with Crippen LogP contribution in [0.1, 0.15) is 34.9 Å². The van der Waals surface area contributed by atoms with Gasteiger partial charge in [-0.2, -0.15) is 0 Å². The molecule has 1 aliphatic carbocycles. The Balaban J connectivity index is 1.37. The highest BCUT2D eigenvalue weighted by molar-refractivity contribution is 9.10. The van der Waals surface area contributed by atoms with Gasteiger partial charge in [0.15, 0.2) is 4.80 Å². The molecular formula is C32H22BrN3O5S. The number of hydrogen-bond donors (Lipinski definition) is 0. The zero-order valence-electron chi connectivity index (χ0n) is 22.2. The highest BCUT2D eigenvalue weighted by atomic mass is 79.9. The van der Waals surface area contributed by atoms with E-state index in [1.54, 1.807) is 22.8 Å². The SMILES string of the molecule is COc1ccc([N+](=O)[O-])cc1-c1ccc(/C=c2/sc3n(c2=O)[C@H](c2ccc(Br)cc2)C2=C(N=3)c3ccccc3CC2)o1.